The van der Waals surface area contributed by atoms with Gasteiger partial charge in [0.2, 0.25) is 11.1 Å². The molecule has 1 aliphatic rings. The smallest absolute Gasteiger partial charge is 0.338 e. The molecule has 0 saturated carbocycles. The number of rotatable bonds is 11. The van der Waals surface area contributed by atoms with Crippen molar-refractivity contribution in [1.29, 1.82) is 0 Å². The van der Waals surface area contributed by atoms with Gasteiger partial charge < -0.3 is 19.5 Å². The van der Waals surface area contributed by atoms with Gasteiger partial charge in [-0.1, -0.05) is 61.8 Å². The van der Waals surface area contributed by atoms with Crippen LogP contribution in [0, 0.1) is 0 Å². The van der Waals surface area contributed by atoms with Gasteiger partial charge in [0.25, 0.3) is 0 Å². The minimum Gasteiger partial charge on any atom is -0.493 e. The van der Waals surface area contributed by atoms with Crippen molar-refractivity contribution in [3.8, 4) is 11.5 Å². The van der Waals surface area contributed by atoms with Crippen molar-refractivity contribution in [2.75, 3.05) is 24.8 Å². The fraction of sp³-hybridized carbons (Fsp3) is 0.370. The van der Waals surface area contributed by atoms with Gasteiger partial charge in [0.15, 0.2) is 11.5 Å². The van der Waals surface area contributed by atoms with Gasteiger partial charge in [-0.2, -0.15) is 4.98 Å². The first-order chi connectivity index (χ1) is 17.9. The number of thioether (sulfide) groups is 1. The molecule has 2 heterocycles. The molecule has 0 radical (unpaired) electrons. The number of nitrogens with one attached hydrogen (secondary N) is 1. The van der Waals surface area contributed by atoms with Crippen molar-refractivity contribution < 1.29 is 19.0 Å². The summed E-state index contributed by atoms with van der Waals surface area (Å²) in [4.78, 5) is 17.9. The van der Waals surface area contributed by atoms with E-state index in [1.54, 1.807) is 11.8 Å². The average molecular weight is 543 g/mol. The largest absolute Gasteiger partial charge is 0.493 e. The van der Waals surface area contributed by atoms with Crippen LogP contribution in [0.4, 0.5) is 5.95 Å². The number of aromatic nitrogens is 3. The molecule has 196 valence electrons. The van der Waals surface area contributed by atoms with Crippen LogP contribution in [0.3, 0.4) is 0 Å². The highest BCUT2D eigenvalue weighted by Gasteiger charge is 2.35. The number of allylic oxidation sites excluding steroid dienone is 1. The fourth-order valence-corrected chi connectivity index (χ4v) is 4.68. The van der Waals surface area contributed by atoms with E-state index in [9.17, 15) is 4.79 Å². The Morgan fingerprint density at radius 3 is 2.65 bits per heavy atom. The highest BCUT2D eigenvalue weighted by molar-refractivity contribution is 7.99. The lowest BCUT2D eigenvalue weighted by molar-refractivity contribution is -0.139. The Labute approximate surface area is 226 Å². The van der Waals surface area contributed by atoms with Gasteiger partial charge in [0, 0.05) is 10.7 Å². The Hall–Kier alpha value is -3.17. The normalized spacial score (nSPS) is 14.7. The van der Waals surface area contributed by atoms with Crippen LogP contribution in [0.15, 0.2) is 58.9 Å². The third-order valence-corrected chi connectivity index (χ3v) is 6.84. The molecule has 0 saturated heterocycles. The summed E-state index contributed by atoms with van der Waals surface area (Å²) in [5, 5.41) is 9.25. The maximum atomic E-state index is 13.3. The number of fused-ring (bicyclic) bond motifs is 1. The summed E-state index contributed by atoms with van der Waals surface area (Å²) < 4.78 is 19.1. The van der Waals surface area contributed by atoms with Crippen LogP contribution in [-0.4, -0.2) is 40.2 Å². The van der Waals surface area contributed by atoms with Gasteiger partial charge in [0.05, 0.1) is 19.3 Å². The maximum Gasteiger partial charge on any atom is 0.338 e. The topological polar surface area (TPSA) is 87.5 Å². The minimum atomic E-state index is -0.539. The molecule has 1 unspecified atom stereocenters. The highest BCUT2D eigenvalue weighted by Crippen LogP contribution is 2.40. The molecule has 37 heavy (non-hydrogen) atoms. The minimum absolute atomic E-state index is 0.360. The van der Waals surface area contributed by atoms with Gasteiger partial charge in [0.1, 0.15) is 12.6 Å². The first kappa shape index (κ1) is 26.9. The third-order valence-electron chi connectivity index (χ3n) is 5.87. The number of carbonyl (C=O) groups is 1. The predicted octanol–water partition coefficient (Wildman–Crippen LogP) is 6.26. The highest BCUT2D eigenvalue weighted by atomic mass is 35.5. The first-order valence-corrected chi connectivity index (χ1v) is 13.6. The summed E-state index contributed by atoms with van der Waals surface area (Å²) >= 11 is 7.53. The molecule has 0 spiro atoms. The molecule has 1 atom stereocenters. The Kier molecular flexibility index (Phi) is 9.00. The summed E-state index contributed by atoms with van der Waals surface area (Å²) in [6.07, 6.45) is 1.74. The first-order valence-electron chi connectivity index (χ1n) is 12.2. The number of unbranched alkanes of at least 4 members (excludes halogenated alkanes) is 1. The zero-order valence-electron chi connectivity index (χ0n) is 21.4. The molecule has 8 nitrogen and oxygen atoms in total. The Bertz CT molecular complexity index is 1280. The van der Waals surface area contributed by atoms with Crippen molar-refractivity contribution in [3.63, 3.8) is 0 Å². The van der Waals surface area contributed by atoms with E-state index >= 15 is 0 Å². The number of methoxy groups -OCH3 is 1. The Morgan fingerprint density at radius 2 is 1.95 bits per heavy atom. The van der Waals surface area contributed by atoms with E-state index in [2.05, 4.69) is 17.2 Å². The molecule has 0 bridgehead atoms. The molecule has 0 amide bonds. The second-order valence-corrected chi connectivity index (χ2v) is 10.1. The molecule has 1 aliphatic heterocycles. The van der Waals surface area contributed by atoms with Crippen LogP contribution in [0.2, 0.25) is 5.02 Å². The van der Waals surface area contributed by atoms with Crippen molar-refractivity contribution >= 4 is 35.3 Å². The lowest BCUT2D eigenvalue weighted by atomic mass is 9.95. The van der Waals surface area contributed by atoms with Crippen molar-refractivity contribution in [2.45, 2.75) is 51.4 Å². The van der Waals surface area contributed by atoms with Crippen LogP contribution < -0.4 is 14.8 Å². The lowest BCUT2D eigenvalue weighted by Crippen LogP contribution is -2.29. The van der Waals surface area contributed by atoms with Crippen LogP contribution >= 0.6 is 23.4 Å². The summed E-state index contributed by atoms with van der Waals surface area (Å²) in [7, 11) is 1.59. The number of ether oxygens (including phenoxy) is 3. The number of benzene rings is 2. The van der Waals surface area contributed by atoms with E-state index in [1.807, 2.05) is 56.3 Å². The molecule has 2 aromatic carbocycles. The van der Waals surface area contributed by atoms with E-state index in [-0.39, 0.29) is 5.97 Å². The Balaban J connectivity index is 1.68. The maximum absolute atomic E-state index is 13.3. The summed E-state index contributed by atoms with van der Waals surface area (Å²) in [5.41, 5.74) is 2.95. The molecule has 3 aromatic rings. The average Bonchev–Trinajstić information content (AvgIpc) is 3.29. The van der Waals surface area contributed by atoms with Gasteiger partial charge in [-0.25, -0.2) is 9.48 Å². The van der Waals surface area contributed by atoms with Crippen LogP contribution in [0.25, 0.3) is 0 Å². The van der Waals surface area contributed by atoms with E-state index < -0.39 is 6.04 Å². The summed E-state index contributed by atoms with van der Waals surface area (Å²) in [5.74, 6) is 2.16. The number of nitrogens with zero attached hydrogens (tertiary/aromatic N) is 3. The molecule has 0 aliphatic carbocycles. The van der Waals surface area contributed by atoms with Gasteiger partial charge in [-0.3, -0.25) is 0 Å². The molecule has 10 heteroatoms. The number of hydrogen-bond acceptors (Lipinski definition) is 8. The number of halogens is 1. The lowest BCUT2D eigenvalue weighted by Gasteiger charge is -2.28. The molecule has 4 rings (SSSR count). The second kappa shape index (κ2) is 12.4. The summed E-state index contributed by atoms with van der Waals surface area (Å²) in [6.45, 7) is 6.68. The zero-order valence-corrected chi connectivity index (χ0v) is 23.0. The number of hydrogen-bond donors (Lipinski definition) is 1. The van der Waals surface area contributed by atoms with E-state index in [0.717, 1.165) is 29.7 Å². The van der Waals surface area contributed by atoms with Crippen LogP contribution in [0.1, 0.15) is 50.8 Å². The molecule has 0 fully saturated rings. The van der Waals surface area contributed by atoms with Gasteiger partial charge >= 0.3 is 5.97 Å². The van der Waals surface area contributed by atoms with Gasteiger partial charge in [-0.05, 0) is 54.5 Å². The van der Waals surface area contributed by atoms with Gasteiger partial charge in [-0.15, -0.1) is 5.10 Å². The fourth-order valence-electron chi connectivity index (χ4n) is 4.00. The SMILES string of the molecule is CCCCOC(=O)C1=C(C)Nc2nc(SCC)nn2C1c1ccc(OCc2ccc(Cl)cc2)c(OC)c1. The van der Waals surface area contributed by atoms with E-state index in [4.69, 9.17) is 30.9 Å². The van der Waals surface area contributed by atoms with Crippen LogP contribution in [-0.2, 0) is 16.1 Å². The van der Waals surface area contributed by atoms with Crippen molar-refractivity contribution in [3.05, 3.63) is 69.9 Å². The third kappa shape index (κ3) is 6.22. The van der Waals surface area contributed by atoms with Crippen LogP contribution in [0.5, 0.6) is 11.5 Å². The molecular weight excluding hydrogens is 512 g/mol. The molecule has 1 aromatic heterocycles. The Morgan fingerprint density at radius 1 is 1.16 bits per heavy atom. The van der Waals surface area contributed by atoms with Crippen molar-refractivity contribution in [2.24, 2.45) is 0 Å². The molecular formula is C27H31ClN4O4S. The monoisotopic (exact) mass is 542 g/mol. The predicted molar refractivity (Wildman–Crippen MR) is 146 cm³/mol. The number of anilines is 1. The van der Waals surface area contributed by atoms with E-state index in [1.165, 1.54) is 11.8 Å². The number of esters is 1. The standard InChI is InChI=1S/C27H31ClN4O4S/c1-5-7-14-35-25(33)23-17(3)29-26-30-27(37-6-2)31-32(26)24(23)19-10-13-21(22(15-19)34-4)36-16-18-8-11-20(28)12-9-18/h8-13,15,24H,5-7,14,16H2,1-4H3,(H,29,30,31). The summed E-state index contributed by atoms with van der Waals surface area (Å²) in [6, 6.07) is 12.6. The van der Waals surface area contributed by atoms with E-state index in [0.29, 0.717) is 52.1 Å². The number of carbonyl (C=O) groups excluding carboxylic acids is 1. The zero-order chi connectivity index (χ0) is 26.4. The quantitative estimate of drug-likeness (QED) is 0.172. The second-order valence-electron chi connectivity index (χ2n) is 8.48. The molecule has 1 N–H and O–H groups in total. The van der Waals surface area contributed by atoms with Crippen molar-refractivity contribution in [1.82, 2.24) is 14.8 Å².